The summed E-state index contributed by atoms with van der Waals surface area (Å²) in [6.45, 7) is 4.86. The molecule has 2 nitrogen and oxygen atoms in total. The number of hydrogen-bond donors (Lipinski definition) is 0. The van der Waals surface area contributed by atoms with Crippen LogP contribution in [0.2, 0.25) is 0 Å². The fourth-order valence-electron chi connectivity index (χ4n) is 2.32. The Bertz CT molecular complexity index is 760. The molecule has 0 amide bonds. The minimum absolute atomic E-state index is 0.105. The van der Waals surface area contributed by atoms with E-state index in [4.69, 9.17) is 16.6 Å². The van der Waals surface area contributed by atoms with Crippen LogP contribution in [0.3, 0.4) is 0 Å². The minimum Gasteiger partial charge on any atom is -0.321 e. The van der Waals surface area contributed by atoms with E-state index >= 15 is 0 Å². The molecular formula is C15H14BrClN2S. The Kier molecular flexibility index (Phi) is 3.89. The highest BCUT2D eigenvalue weighted by molar-refractivity contribution is 9.10. The Morgan fingerprint density at radius 3 is 2.85 bits per heavy atom. The van der Waals surface area contributed by atoms with Gasteiger partial charge in [-0.2, -0.15) is 0 Å². The van der Waals surface area contributed by atoms with Crippen molar-refractivity contribution >= 4 is 49.9 Å². The third kappa shape index (κ3) is 2.65. The van der Waals surface area contributed by atoms with Gasteiger partial charge in [0, 0.05) is 14.7 Å². The quantitative estimate of drug-likeness (QED) is 0.556. The molecule has 0 bridgehead atoms. The molecule has 0 aliphatic heterocycles. The van der Waals surface area contributed by atoms with Crippen molar-refractivity contribution in [1.82, 2.24) is 9.55 Å². The summed E-state index contributed by atoms with van der Waals surface area (Å²) in [5.41, 5.74) is 3.38. The van der Waals surface area contributed by atoms with Gasteiger partial charge in [0.25, 0.3) is 0 Å². The molecule has 5 heteroatoms. The second-order valence-electron chi connectivity index (χ2n) is 4.90. The molecule has 3 rings (SSSR count). The largest absolute Gasteiger partial charge is 0.321 e. The Balaban J connectivity index is 2.13. The lowest BCUT2D eigenvalue weighted by Crippen LogP contribution is -2.04. The first-order chi connectivity index (χ1) is 9.54. The lowest BCUT2D eigenvalue weighted by molar-refractivity contribution is 0.750. The van der Waals surface area contributed by atoms with Crippen LogP contribution < -0.4 is 0 Å². The average Bonchev–Trinajstić information content (AvgIpc) is 2.94. The maximum absolute atomic E-state index is 6.30. The first-order valence-electron chi connectivity index (χ1n) is 6.38. The van der Waals surface area contributed by atoms with Crippen molar-refractivity contribution in [2.75, 3.05) is 0 Å². The number of nitrogens with zero attached hydrogens (tertiary/aromatic N) is 2. The highest BCUT2D eigenvalue weighted by Crippen LogP contribution is 2.28. The molecule has 2 heterocycles. The Hall–Kier alpha value is -0.840. The van der Waals surface area contributed by atoms with E-state index < -0.39 is 0 Å². The summed E-state index contributed by atoms with van der Waals surface area (Å²) >= 11 is 11.5. The van der Waals surface area contributed by atoms with Gasteiger partial charge in [0.15, 0.2) is 0 Å². The van der Waals surface area contributed by atoms with E-state index in [1.165, 1.54) is 10.4 Å². The van der Waals surface area contributed by atoms with E-state index in [-0.39, 0.29) is 5.38 Å². The van der Waals surface area contributed by atoms with Crippen molar-refractivity contribution in [3.63, 3.8) is 0 Å². The predicted octanol–water partition coefficient (Wildman–Crippen LogP) is 5.52. The predicted molar refractivity (Wildman–Crippen MR) is 89.9 cm³/mol. The zero-order chi connectivity index (χ0) is 14.3. The normalized spacial score (nSPS) is 13.0. The lowest BCUT2D eigenvalue weighted by Gasteiger charge is -2.09. The summed E-state index contributed by atoms with van der Waals surface area (Å²) in [6.07, 6.45) is 0. The van der Waals surface area contributed by atoms with Crippen LogP contribution in [-0.4, -0.2) is 9.55 Å². The molecule has 0 N–H and O–H groups in total. The Labute approximate surface area is 135 Å². The third-order valence-electron chi connectivity index (χ3n) is 3.22. The fourth-order valence-corrected chi connectivity index (χ4v) is 3.93. The van der Waals surface area contributed by atoms with Gasteiger partial charge >= 0.3 is 0 Å². The van der Waals surface area contributed by atoms with Crippen molar-refractivity contribution in [2.45, 2.75) is 25.8 Å². The number of rotatable bonds is 3. The fraction of sp³-hybridized carbons (Fsp3) is 0.267. The molecule has 20 heavy (non-hydrogen) atoms. The van der Waals surface area contributed by atoms with Gasteiger partial charge in [0.05, 0.1) is 23.0 Å². The molecule has 0 spiro atoms. The highest BCUT2D eigenvalue weighted by Gasteiger charge is 2.15. The van der Waals surface area contributed by atoms with Gasteiger partial charge in [-0.1, -0.05) is 6.07 Å². The third-order valence-corrected chi connectivity index (χ3v) is 5.10. The Morgan fingerprint density at radius 1 is 1.40 bits per heavy atom. The Morgan fingerprint density at radius 2 is 2.20 bits per heavy atom. The van der Waals surface area contributed by atoms with E-state index in [0.29, 0.717) is 0 Å². The van der Waals surface area contributed by atoms with Crippen molar-refractivity contribution in [2.24, 2.45) is 0 Å². The molecule has 0 saturated carbocycles. The molecule has 1 aromatic carbocycles. The molecule has 1 atom stereocenters. The number of halogens is 2. The number of hydrogen-bond acceptors (Lipinski definition) is 2. The average molecular weight is 370 g/mol. The van der Waals surface area contributed by atoms with Gasteiger partial charge in [0.1, 0.15) is 5.82 Å². The number of aromatic nitrogens is 2. The second kappa shape index (κ2) is 5.51. The maximum Gasteiger partial charge on any atom is 0.128 e. The van der Waals surface area contributed by atoms with Crippen LogP contribution >= 0.6 is 38.9 Å². The van der Waals surface area contributed by atoms with Gasteiger partial charge in [-0.3, -0.25) is 0 Å². The highest BCUT2D eigenvalue weighted by atomic mass is 79.9. The van der Waals surface area contributed by atoms with Gasteiger partial charge in [-0.25, -0.2) is 4.98 Å². The lowest BCUT2D eigenvalue weighted by atomic mass is 10.2. The molecule has 0 fully saturated rings. The van der Waals surface area contributed by atoms with Crippen molar-refractivity contribution in [3.8, 4) is 0 Å². The molecule has 0 saturated heterocycles. The zero-order valence-electron chi connectivity index (χ0n) is 11.2. The summed E-state index contributed by atoms with van der Waals surface area (Å²) in [7, 11) is 0. The summed E-state index contributed by atoms with van der Waals surface area (Å²) in [5, 5.41) is 1.99. The molecule has 3 aromatic rings. The van der Waals surface area contributed by atoms with Crippen molar-refractivity contribution in [3.05, 3.63) is 50.4 Å². The molecule has 1 unspecified atom stereocenters. The number of thiophene rings is 1. The number of alkyl halides is 1. The van der Waals surface area contributed by atoms with Crippen LogP contribution in [0.4, 0.5) is 0 Å². The summed E-state index contributed by atoms with van der Waals surface area (Å²) in [6, 6.07) is 8.50. The minimum atomic E-state index is -0.105. The van der Waals surface area contributed by atoms with E-state index in [9.17, 15) is 0 Å². The van der Waals surface area contributed by atoms with E-state index in [1.54, 1.807) is 11.3 Å². The van der Waals surface area contributed by atoms with E-state index in [1.807, 2.05) is 6.92 Å². The number of benzene rings is 1. The standard InChI is InChI=1S/C15H14BrClN2S/c1-9-3-4-14-13(5-9)18-15(10(2)17)19(14)7-12-6-11(16)8-20-12/h3-6,8,10H,7H2,1-2H3. The first-order valence-corrected chi connectivity index (χ1v) is 8.49. The van der Waals surface area contributed by atoms with Crippen LogP contribution in [0.1, 0.15) is 28.6 Å². The van der Waals surface area contributed by atoms with Crippen molar-refractivity contribution in [1.29, 1.82) is 0 Å². The smallest absolute Gasteiger partial charge is 0.128 e. The van der Waals surface area contributed by atoms with Crippen LogP contribution in [0.5, 0.6) is 0 Å². The maximum atomic E-state index is 6.30. The van der Waals surface area contributed by atoms with Crippen LogP contribution in [-0.2, 0) is 6.54 Å². The molecule has 2 aromatic heterocycles. The van der Waals surface area contributed by atoms with Gasteiger partial charge in [0.2, 0.25) is 0 Å². The molecule has 104 valence electrons. The van der Waals surface area contributed by atoms with Crippen LogP contribution in [0.25, 0.3) is 11.0 Å². The van der Waals surface area contributed by atoms with Crippen LogP contribution in [0.15, 0.2) is 34.1 Å². The van der Waals surface area contributed by atoms with Gasteiger partial charge in [-0.05, 0) is 53.5 Å². The summed E-state index contributed by atoms with van der Waals surface area (Å²) in [5.74, 6) is 0.928. The molecular weight excluding hydrogens is 356 g/mol. The molecule has 0 aliphatic carbocycles. The monoisotopic (exact) mass is 368 g/mol. The molecule has 0 radical (unpaired) electrons. The number of fused-ring (bicyclic) bond motifs is 1. The zero-order valence-corrected chi connectivity index (χ0v) is 14.4. The summed E-state index contributed by atoms with van der Waals surface area (Å²) in [4.78, 5) is 5.99. The number of aryl methyl sites for hydroxylation is 1. The van der Waals surface area contributed by atoms with Gasteiger partial charge in [-0.15, -0.1) is 22.9 Å². The molecule has 0 aliphatic rings. The van der Waals surface area contributed by atoms with Crippen molar-refractivity contribution < 1.29 is 0 Å². The first kappa shape index (κ1) is 14.1. The number of imidazole rings is 1. The SMILES string of the molecule is Cc1ccc2c(c1)nc(C(C)Cl)n2Cc1cc(Br)cs1. The second-order valence-corrected chi connectivity index (χ2v) is 7.46. The van der Waals surface area contributed by atoms with E-state index in [2.05, 4.69) is 57.1 Å². The summed E-state index contributed by atoms with van der Waals surface area (Å²) < 4.78 is 3.34. The topological polar surface area (TPSA) is 17.8 Å². The van der Waals surface area contributed by atoms with Gasteiger partial charge < -0.3 is 4.57 Å². The van der Waals surface area contributed by atoms with Crippen LogP contribution in [0, 0.1) is 6.92 Å². The van der Waals surface area contributed by atoms with E-state index in [0.717, 1.165) is 27.9 Å².